The fourth-order valence-electron chi connectivity index (χ4n) is 3.34. The minimum Gasteiger partial charge on any atom is -0.350 e. The number of likely N-dealkylation sites (N-methyl/N-ethyl adjacent to an activating group) is 1. The molecule has 3 rings (SSSR count). The van der Waals surface area contributed by atoms with Crippen LogP contribution in [0.1, 0.15) is 34.8 Å². The quantitative estimate of drug-likeness (QED) is 0.828. The van der Waals surface area contributed by atoms with Crippen LogP contribution in [0, 0.1) is 0 Å². The van der Waals surface area contributed by atoms with E-state index in [2.05, 4.69) is 5.32 Å². The van der Waals surface area contributed by atoms with Crippen molar-refractivity contribution in [2.75, 3.05) is 32.1 Å². The molecule has 6 heteroatoms. The Hall–Kier alpha value is -2.37. The summed E-state index contributed by atoms with van der Waals surface area (Å²) in [6, 6.07) is 14.9. The lowest BCUT2D eigenvalue weighted by molar-refractivity contribution is -0.117. The van der Waals surface area contributed by atoms with E-state index in [0.717, 1.165) is 17.7 Å². The maximum Gasteiger partial charge on any atom is 0.251 e. The Morgan fingerprint density at radius 1 is 1.22 bits per heavy atom. The molecule has 1 saturated heterocycles. The van der Waals surface area contributed by atoms with Crippen molar-refractivity contribution in [3.63, 3.8) is 0 Å². The molecule has 2 aromatic rings. The minimum absolute atomic E-state index is 0.0102. The molecule has 0 aromatic heterocycles. The topological polar surface area (TPSA) is 52.7 Å². The molecule has 27 heavy (non-hydrogen) atoms. The second-order valence-corrected chi connectivity index (χ2v) is 7.38. The molecular weight excluding hydrogens is 362 g/mol. The Kier molecular flexibility index (Phi) is 6.14. The van der Waals surface area contributed by atoms with Gasteiger partial charge in [-0.05, 0) is 56.4 Å². The number of nitrogens with one attached hydrogen (secondary N) is 1. The molecule has 2 aromatic carbocycles. The molecule has 1 unspecified atom stereocenters. The van der Waals surface area contributed by atoms with Crippen molar-refractivity contribution in [1.82, 2.24) is 10.2 Å². The van der Waals surface area contributed by atoms with Crippen LogP contribution >= 0.6 is 11.6 Å². The second-order valence-electron chi connectivity index (χ2n) is 6.94. The molecule has 0 spiro atoms. The van der Waals surface area contributed by atoms with Gasteiger partial charge in [0.2, 0.25) is 5.91 Å². The molecular formula is C21H24ClN3O2. The highest BCUT2D eigenvalue weighted by Gasteiger charge is 2.22. The van der Waals surface area contributed by atoms with Crippen LogP contribution in [0.2, 0.25) is 5.02 Å². The summed E-state index contributed by atoms with van der Waals surface area (Å²) in [6.45, 7) is 1.17. The summed E-state index contributed by atoms with van der Waals surface area (Å²) in [4.78, 5) is 28.4. The van der Waals surface area contributed by atoms with Gasteiger partial charge in [0.25, 0.3) is 5.91 Å². The number of hydrogen-bond acceptors (Lipinski definition) is 3. The van der Waals surface area contributed by atoms with Crippen molar-refractivity contribution in [2.45, 2.75) is 18.9 Å². The molecule has 1 fully saturated rings. The molecule has 2 amide bonds. The number of halogens is 1. The van der Waals surface area contributed by atoms with E-state index in [0.29, 0.717) is 30.1 Å². The standard InChI is InChI=1S/C21H24ClN3O2/c1-24(2)19(15-6-3-8-17(22)12-15)14-23-21(27)16-7-4-9-18(13-16)25-11-5-10-20(25)26/h3-4,6-9,12-13,19H,5,10-11,14H2,1-2H3,(H,23,27). The summed E-state index contributed by atoms with van der Waals surface area (Å²) in [5, 5.41) is 3.67. The highest BCUT2D eigenvalue weighted by Crippen LogP contribution is 2.23. The zero-order valence-corrected chi connectivity index (χ0v) is 16.4. The fraction of sp³-hybridized carbons (Fsp3) is 0.333. The SMILES string of the molecule is CN(C)C(CNC(=O)c1cccc(N2CCCC2=O)c1)c1cccc(Cl)c1. The van der Waals surface area contributed by atoms with E-state index in [1.807, 2.05) is 55.4 Å². The first-order valence-electron chi connectivity index (χ1n) is 9.06. The molecule has 0 aliphatic carbocycles. The maximum absolute atomic E-state index is 12.7. The Labute approximate surface area is 164 Å². The normalized spacial score (nSPS) is 15.3. The van der Waals surface area contributed by atoms with Gasteiger partial charge in [0.05, 0.1) is 6.04 Å². The lowest BCUT2D eigenvalue weighted by Gasteiger charge is -2.25. The minimum atomic E-state index is -0.155. The summed E-state index contributed by atoms with van der Waals surface area (Å²) in [6.07, 6.45) is 1.43. The maximum atomic E-state index is 12.7. The van der Waals surface area contributed by atoms with Crippen molar-refractivity contribution < 1.29 is 9.59 Å². The second kappa shape index (κ2) is 8.55. The lowest BCUT2D eigenvalue weighted by atomic mass is 10.1. The van der Waals surface area contributed by atoms with Gasteiger partial charge in [0.15, 0.2) is 0 Å². The monoisotopic (exact) mass is 385 g/mol. The third-order valence-corrected chi connectivity index (χ3v) is 5.04. The van der Waals surface area contributed by atoms with Crippen molar-refractivity contribution >= 4 is 29.1 Å². The van der Waals surface area contributed by atoms with Gasteiger partial charge in [0.1, 0.15) is 0 Å². The predicted molar refractivity (Wildman–Crippen MR) is 108 cm³/mol. The van der Waals surface area contributed by atoms with Crippen LogP contribution in [0.15, 0.2) is 48.5 Å². The summed E-state index contributed by atoms with van der Waals surface area (Å²) in [5.74, 6) is -0.0430. The van der Waals surface area contributed by atoms with Gasteiger partial charge in [-0.15, -0.1) is 0 Å². The molecule has 1 N–H and O–H groups in total. The number of hydrogen-bond donors (Lipinski definition) is 1. The number of nitrogens with zero attached hydrogens (tertiary/aromatic N) is 2. The zero-order valence-electron chi connectivity index (χ0n) is 15.6. The van der Waals surface area contributed by atoms with Crippen molar-refractivity contribution in [1.29, 1.82) is 0 Å². The molecule has 1 atom stereocenters. The number of carbonyl (C=O) groups excluding carboxylic acids is 2. The Morgan fingerprint density at radius 2 is 2.00 bits per heavy atom. The molecule has 0 bridgehead atoms. The molecule has 142 valence electrons. The first-order chi connectivity index (χ1) is 13.0. The Morgan fingerprint density at radius 3 is 2.67 bits per heavy atom. The van der Waals surface area contributed by atoms with Gasteiger partial charge < -0.3 is 15.1 Å². The van der Waals surface area contributed by atoms with Crippen LogP contribution in [-0.2, 0) is 4.79 Å². The molecule has 0 saturated carbocycles. The van der Waals surface area contributed by atoms with Crippen LogP contribution in [-0.4, -0.2) is 43.9 Å². The lowest BCUT2D eigenvalue weighted by Crippen LogP contribution is -2.34. The number of rotatable bonds is 6. The highest BCUT2D eigenvalue weighted by atomic mass is 35.5. The van der Waals surface area contributed by atoms with Crippen LogP contribution in [0.5, 0.6) is 0 Å². The smallest absolute Gasteiger partial charge is 0.251 e. The molecule has 5 nitrogen and oxygen atoms in total. The molecule has 1 aliphatic rings. The van der Waals surface area contributed by atoms with Crippen molar-refractivity contribution in [3.8, 4) is 0 Å². The van der Waals surface area contributed by atoms with Gasteiger partial charge in [-0.25, -0.2) is 0 Å². The molecule has 1 heterocycles. The summed E-state index contributed by atoms with van der Waals surface area (Å²) in [5.41, 5.74) is 2.38. The van der Waals surface area contributed by atoms with Crippen LogP contribution in [0.3, 0.4) is 0 Å². The van der Waals surface area contributed by atoms with Gasteiger partial charge in [-0.1, -0.05) is 29.8 Å². The summed E-state index contributed by atoms with van der Waals surface area (Å²) >= 11 is 6.11. The molecule has 1 aliphatic heterocycles. The predicted octanol–water partition coefficient (Wildman–Crippen LogP) is 3.50. The van der Waals surface area contributed by atoms with Crippen molar-refractivity contribution in [3.05, 3.63) is 64.7 Å². The first kappa shape index (κ1) is 19.4. The van der Waals surface area contributed by atoms with E-state index in [9.17, 15) is 9.59 Å². The van der Waals surface area contributed by atoms with Gasteiger partial charge in [-0.3, -0.25) is 9.59 Å². The average Bonchev–Trinajstić information content (AvgIpc) is 3.07. The van der Waals surface area contributed by atoms with Crippen molar-refractivity contribution in [2.24, 2.45) is 0 Å². The fourth-order valence-corrected chi connectivity index (χ4v) is 3.54. The molecule has 0 radical (unpaired) electrons. The Bertz CT molecular complexity index is 838. The van der Waals surface area contributed by atoms with E-state index < -0.39 is 0 Å². The van der Waals surface area contributed by atoms with Gasteiger partial charge in [-0.2, -0.15) is 0 Å². The van der Waals surface area contributed by atoms with Crippen LogP contribution < -0.4 is 10.2 Å². The van der Waals surface area contributed by atoms with E-state index in [1.165, 1.54) is 0 Å². The Balaban J connectivity index is 1.70. The number of anilines is 1. The number of benzene rings is 2. The number of amides is 2. The third-order valence-electron chi connectivity index (χ3n) is 4.81. The zero-order chi connectivity index (χ0) is 19.4. The van der Waals surface area contributed by atoms with E-state index >= 15 is 0 Å². The summed E-state index contributed by atoms with van der Waals surface area (Å²) in [7, 11) is 3.94. The van der Waals surface area contributed by atoms with E-state index in [4.69, 9.17) is 11.6 Å². The third kappa shape index (κ3) is 4.67. The number of carbonyl (C=O) groups is 2. The highest BCUT2D eigenvalue weighted by molar-refractivity contribution is 6.30. The largest absolute Gasteiger partial charge is 0.350 e. The van der Waals surface area contributed by atoms with Gasteiger partial charge >= 0.3 is 0 Å². The summed E-state index contributed by atoms with van der Waals surface area (Å²) < 4.78 is 0. The van der Waals surface area contributed by atoms with Crippen LogP contribution in [0.4, 0.5) is 5.69 Å². The average molecular weight is 386 g/mol. The first-order valence-corrected chi connectivity index (χ1v) is 9.44. The van der Waals surface area contributed by atoms with E-state index in [-0.39, 0.29) is 17.9 Å². The van der Waals surface area contributed by atoms with Crippen LogP contribution in [0.25, 0.3) is 0 Å². The van der Waals surface area contributed by atoms with Gasteiger partial charge in [0, 0.05) is 35.8 Å². The van der Waals surface area contributed by atoms with E-state index in [1.54, 1.807) is 17.0 Å².